The molecule has 2 aromatic heterocycles. The van der Waals surface area contributed by atoms with Gasteiger partial charge >= 0.3 is 0 Å². The topological polar surface area (TPSA) is 55.6 Å². The van der Waals surface area contributed by atoms with Gasteiger partial charge in [-0.2, -0.15) is 0 Å². The fourth-order valence-electron chi connectivity index (χ4n) is 2.48. The van der Waals surface area contributed by atoms with E-state index in [4.69, 9.17) is 4.74 Å². The van der Waals surface area contributed by atoms with Crippen LogP contribution >= 0.6 is 11.3 Å². The van der Waals surface area contributed by atoms with Crippen molar-refractivity contribution >= 4 is 22.2 Å². The predicted octanol–water partition coefficient (Wildman–Crippen LogP) is 3.60. The maximum absolute atomic E-state index is 12.0. The van der Waals surface area contributed by atoms with Crippen molar-refractivity contribution in [3.8, 4) is 5.75 Å². The van der Waals surface area contributed by atoms with E-state index < -0.39 is 0 Å². The summed E-state index contributed by atoms with van der Waals surface area (Å²) in [4.78, 5) is 17.4. The number of nitrogens with one attached hydrogen (secondary N) is 1. The SMILES string of the molecule is CCC(C)c1ccccc1OCC(=O)NCc1cn2ccsc2n1. The number of hydrogen-bond donors (Lipinski definition) is 1. The third-order valence-corrected chi connectivity index (χ3v) is 4.80. The number of amides is 1. The first-order chi connectivity index (χ1) is 11.7. The summed E-state index contributed by atoms with van der Waals surface area (Å²) < 4.78 is 7.67. The number of para-hydroxylation sites is 1. The Morgan fingerprint density at radius 3 is 3.04 bits per heavy atom. The van der Waals surface area contributed by atoms with E-state index in [1.165, 1.54) is 0 Å². The second-order valence-corrected chi connectivity index (χ2v) is 6.61. The second-order valence-electron chi connectivity index (χ2n) is 5.74. The van der Waals surface area contributed by atoms with E-state index in [0.717, 1.165) is 28.4 Å². The molecule has 3 aromatic rings. The Labute approximate surface area is 145 Å². The highest BCUT2D eigenvalue weighted by atomic mass is 32.1. The molecule has 0 spiro atoms. The molecule has 6 heteroatoms. The Morgan fingerprint density at radius 2 is 2.25 bits per heavy atom. The van der Waals surface area contributed by atoms with E-state index in [0.29, 0.717) is 12.5 Å². The number of nitrogens with zero attached hydrogens (tertiary/aromatic N) is 2. The lowest BCUT2D eigenvalue weighted by Gasteiger charge is -2.15. The van der Waals surface area contributed by atoms with Gasteiger partial charge in [0, 0.05) is 17.8 Å². The number of imidazole rings is 1. The van der Waals surface area contributed by atoms with Gasteiger partial charge in [0.2, 0.25) is 0 Å². The molecule has 0 saturated carbocycles. The van der Waals surface area contributed by atoms with E-state index >= 15 is 0 Å². The van der Waals surface area contributed by atoms with E-state index in [1.807, 2.05) is 40.4 Å². The van der Waals surface area contributed by atoms with E-state index in [-0.39, 0.29) is 12.5 Å². The summed E-state index contributed by atoms with van der Waals surface area (Å²) in [5, 5.41) is 4.83. The molecule has 0 aliphatic carbocycles. The van der Waals surface area contributed by atoms with Crippen molar-refractivity contribution in [2.75, 3.05) is 6.61 Å². The number of carbonyl (C=O) groups is 1. The van der Waals surface area contributed by atoms with Gasteiger partial charge in [0.15, 0.2) is 11.6 Å². The number of hydrogen-bond acceptors (Lipinski definition) is 4. The molecule has 0 fully saturated rings. The van der Waals surface area contributed by atoms with Crippen molar-refractivity contribution in [1.29, 1.82) is 0 Å². The molecular formula is C18H21N3O2S. The maximum atomic E-state index is 12.0. The fourth-order valence-corrected chi connectivity index (χ4v) is 3.20. The van der Waals surface area contributed by atoms with Crippen molar-refractivity contribution < 1.29 is 9.53 Å². The van der Waals surface area contributed by atoms with Crippen LogP contribution in [0.1, 0.15) is 37.4 Å². The van der Waals surface area contributed by atoms with Crippen LogP contribution in [0.4, 0.5) is 0 Å². The maximum Gasteiger partial charge on any atom is 0.258 e. The average Bonchev–Trinajstić information content (AvgIpc) is 3.19. The fraction of sp³-hybridized carbons (Fsp3) is 0.333. The normalized spacial score (nSPS) is 12.2. The molecule has 2 heterocycles. The minimum Gasteiger partial charge on any atom is -0.483 e. The molecule has 1 N–H and O–H groups in total. The molecule has 126 valence electrons. The van der Waals surface area contributed by atoms with E-state index in [1.54, 1.807) is 11.3 Å². The molecule has 1 amide bonds. The molecule has 0 aliphatic rings. The molecule has 0 radical (unpaired) electrons. The Bertz CT molecular complexity index is 796. The summed E-state index contributed by atoms with van der Waals surface area (Å²) in [6.45, 7) is 4.72. The Balaban J connectivity index is 1.53. The van der Waals surface area contributed by atoms with Crippen LogP contribution in [0.5, 0.6) is 5.75 Å². The van der Waals surface area contributed by atoms with Crippen LogP contribution in [0.3, 0.4) is 0 Å². The summed E-state index contributed by atoms with van der Waals surface area (Å²) >= 11 is 1.57. The summed E-state index contributed by atoms with van der Waals surface area (Å²) in [5.41, 5.74) is 1.98. The number of ether oxygens (including phenoxy) is 1. The zero-order valence-corrected chi connectivity index (χ0v) is 14.7. The minimum atomic E-state index is -0.148. The number of carbonyl (C=O) groups excluding carboxylic acids is 1. The van der Waals surface area contributed by atoms with Crippen LogP contribution < -0.4 is 10.1 Å². The number of thiazole rings is 1. The number of benzene rings is 1. The zero-order chi connectivity index (χ0) is 16.9. The van der Waals surface area contributed by atoms with Crippen LogP contribution in [0.25, 0.3) is 4.96 Å². The average molecular weight is 343 g/mol. The highest BCUT2D eigenvalue weighted by molar-refractivity contribution is 7.15. The van der Waals surface area contributed by atoms with Crippen LogP contribution in [0, 0.1) is 0 Å². The number of rotatable bonds is 7. The first kappa shape index (κ1) is 16.5. The van der Waals surface area contributed by atoms with Crippen molar-refractivity contribution in [2.45, 2.75) is 32.7 Å². The van der Waals surface area contributed by atoms with E-state index in [9.17, 15) is 4.79 Å². The van der Waals surface area contributed by atoms with Crippen molar-refractivity contribution in [2.24, 2.45) is 0 Å². The Morgan fingerprint density at radius 1 is 1.42 bits per heavy atom. The summed E-state index contributed by atoms with van der Waals surface area (Å²) in [6, 6.07) is 7.90. The molecular weight excluding hydrogens is 322 g/mol. The molecule has 1 atom stereocenters. The largest absolute Gasteiger partial charge is 0.483 e. The van der Waals surface area contributed by atoms with Gasteiger partial charge in [-0.1, -0.05) is 32.0 Å². The van der Waals surface area contributed by atoms with Gasteiger partial charge in [0.1, 0.15) is 5.75 Å². The predicted molar refractivity (Wildman–Crippen MR) is 95.6 cm³/mol. The van der Waals surface area contributed by atoms with E-state index in [2.05, 4.69) is 30.2 Å². The molecule has 0 bridgehead atoms. The molecule has 0 saturated heterocycles. The summed E-state index contributed by atoms with van der Waals surface area (Å²) in [5.74, 6) is 1.04. The first-order valence-electron chi connectivity index (χ1n) is 8.07. The highest BCUT2D eigenvalue weighted by Crippen LogP contribution is 2.28. The van der Waals surface area contributed by atoms with Crippen LogP contribution in [-0.2, 0) is 11.3 Å². The smallest absolute Gasteiger partial charge is 0.258 e. The quantitative estimate of drug-likeness (QED) is 0.713. The van der Waals surface area contributed by atoms with Crippen molar-refractivity contribution in [3.05, 3.63) is 53.3 Å². The standard InChI is InChI=1S/C18H21N3O2S/c1-3-13(2)15-6-4-5-7-16(15)23-12-17(22)19-10-14-11-21-8-9-24-18(21)20-14/h4-9,11,13H,3,10,12H2,1-2H3,(H,19,22). The van der Waals surface area contributed by atoms with Gasteiger partial charge in [0.25, 0.3) is 5.91 Å². The number of fused-ring (bicyclic) bond motifs is 1. The van der Waals surface area contributed by atoms with Crippen LogP contribution in [0.2, 0.25) is 0 Å². The molecule has 5 nitrogen and oxygen atoms in total. The van der Waals surface area contributed by atoms with Gasteiger partial charge < -0.3 is 10.1 Å². The lowest BCUT2D eigenvalue weighted by atomic mass is 9.98. The third-order valence-electron chi connectivity index (χ3n) is 4.03. The van der Waals surface area contributed by atoms with Gasteiger partial charge in [-0.25, -0.2) is 4.98 Å². The monoisotopic (exact) mass is 343 g/mol. The van der Waals surface area contributed by atoms with Crippen LogP contribution in [-0.4, -0.2) is 21.9 Å². The molecule has 24 heavy (non-hydrogen) atoms. The lowest BCUT2D eigenvalue weighted by molar-refractivity contribution is -0.123. The Kier molecular flexibility index (Phi) is 5.15. The molecule has 0 aliphatic heterocycles. The third kappa shape index (κ3) is 3.76. The molecule has 1 unspecified atom stereocenters. The van der Waals surface area contributed by atoms with Crippen LogP contribution in [0.15, 0.2) is 42.0 Å². The highest BCUT2D eigenvalue weighted by Gasteiger charge is 2.11. The second kappa shape index (κ2) is 7.49. The lowest BCUT2D eigenvalue weighted by Crippen LogP contribution is -2.28. The van der Waals surface area contributed by atoms with Gasteiger partial charge in [0.05, 0.1) is 12.2 Å². The molecule has 3 rings (SSSR count). The minimum absolute atomic E-state index is 0.00959. The van der Waals surface area contributed by atoms with Gasteiger partial charge in [-0.15, -0.1) is 11.3 Å². The first-order valence-corrected chi connectivity index (χ1v) is 8.95. The van der Waals surface area contributed by atoms with Gasteiger partial charge in [-0.3, -0.25) is 9.20 Å². The Hall–Kier alpha value is -2.34. The summed E-state index contributed by atoms with van der Waals surface area (Å²) in [6.07, 6.45) is 4.91. The van der Waals surface area contributed by atoms with Gasteiger partial charge in [-0.05, 0) is 24.0 Å². The van der Waals surface area contributed by atoms with Crippen molar-refractivity contribution in [1.82, 2.24) is 14.7 Å². The zero-order valence-electron chi connectivity index (χ0n) is 13.9. The number of aromatic nitrogens is 2. The van der Waals surface area contributed by atoms with Crippen molar-refractivity contribution in [3.63, 3.8) is 0 Å². The summed E-state index contributed by atoms with van der Waals surface area (Å²) in [7, 11) is 0. The molecule has 1 aromatic carbocycles.